The van der Waals surface area contributed by atoms with Gasteiger partial charge in [-0.05, 0) is 29.7 Å². The fourth-order valence-corrected chi connectivity index (χ4v) is 4.13. The second-order valence-corrected chi connectivity index (χ2v) is 9.79. The van der Waals surface area contributed by atoms with Crippen LogP contribution in [0, 0.1) is 0 Å². The van der Waals surface area contributed by atoms with Crippen LogP contribution in [0.3, 0.4) is 0 Å². The van der Waals surface area contributed by atoms with E-state index in [1.54, 1.807) is 24.3 Å². The number of hydrogen-bond acceptors (Lipinski definition) is 9. The van der Waals surface area contributed by atoms with Crippen molar-refractivity contribution in [2.24, 2.45) is 0 Å². The molecule has 2 aromatic rings. The Labute approximate surface area is 246 Å². The molecule has 0 bridgehead atoms. The average molecular weight is 590 g/mol. The fourth-order valence-electron chi connectivity index (χ4n) is 4.13. The van der Waals surface area contributed by atoms with Gasteiger partial charge >= 0.3 is 0 Å². The molecule has 5 N–H and O–H groups in total. The second-order valence-electron chi connectivity index (χ2n) is 9.79. The molecule has 0 radical (unpaired) electrons. The Morgan fingerprint density at radius 2 is 1.43 bits per heavy atom. The van der Waals surface area contributed by atoms with Crippen LogP contribution in [0.5, 0.6) is 5.75 Å². The van der Waals surface area contributed by atoms with E-state index in [1.807, 2.05) is 30.3 Å². The summed E-state index contributed by atoms with van der Waals surface area (Å²) in [6.07, 6.45) is 2.56. The number of benzene rings is 2. The normalized spacial score (nSPS) is 12.4. The lowest BCUT2D eigenvalue weighted by molar-refractivity contribution is -0.286. The Balaban J connectivity index is 2.19. The Morgan fingerprint density at radius 1 is 0.810 bits per heavy atom. The molecular weight excluding hydrogens is 546 g/mol. The number of rotatable bonds is 21. The maximum Gasteiger partial charge on any atom is 0.243 e. The second kappa shape index (κ2) is 20.3. The van der Waals surface area contributed by atoms with Gasteiger partial charge < -0.3 is 25.4 Å². The van der Waals surface area contributed by atoms with Crippen LogP contribution < -0.4 is 20.7 Å². The van der Waals surface area contributed by atoms with E-state index < -0.39 is 24.1 Å². The molecule has 2 rings (SSSR count). The summed E-state index contributed by atoms with van der Waals surface area (Å²) >= 11 is 0. The fraction of sp³-hybridized carbons (Fsp3) is 0.500. The quantitative estimate of drug-likeness (QED) is 0.0836. The average Bonchev–Trinajstić information content (AvgIpc) is 2.99. The van der Waals surface area contributed by atoms with Gasteiger partial charge in [-0.2, -0.15) is 0 Å². The molecule has 0 spiro atoms. The number of unbranched alkanes of at least 4 members (excludes halogenated alkanes) is 2. The molecule has 0 saturated carbocycles. The first-order valence-corrected chi connectivity index (χ1v) is 14.1. The van der Waals surface area contributed by atoms with Crippen molar-refractivity contribution in [3.8, 4) is 5.75 Å². The van der Waals surface area contributed by atoms with E-state index in [0.717, 1.165) is 30.4 Å². The number of amides is 3. The standard InChI is InChI=1S/C30H43N3O9/c1-3-4-8-16-31-29(35)26(19-23-11-13-24(14-12-23)42-25(20-40-37)21-41-38)33-30(36)27(32-28(34)15-17-39-2)18-22-9-6-5-7-10-22/h5-7,9-14,25-27,37-38H,3-4,8,15-21H2,1-2H3,(H,31,35)(H,32,34)(H,33,36). The summed E-state index contributed by atoms with van der Waals surface area (Å²) in [6, 6.07) is 14.3. The molecule has 0 aromatic heterocycles. The van der Waals surface area contributed by atoms with Crippen molar-refractivity contribution in [1.82, 2.24) is 16.0 Å². The predicted molar refractivity (Wildman–Crippen MR) is 155 cm³/mol. The highest BCUT2D eigenvalue weighted by atomic mass is 17.1. The summed E-state index contributed by atoms with van der Waals surface area (Å²) in [5.41, 5.74) is 1.60. The van der Waals surface area contributed by atoms with E-state index in [0.29, 0.717) is 12.3 Å². The number of hydrogen-bond donors (Lipinski definition) is 5. The zero-order valence-corrected chi connectivity index (χ0v) is 24.3. The van der Waals surface area contributed by atoms with Crippen LogP contribution >= 0.6 is 0 Å². The lowest BCUT2D eigenvalue weighted by atomic mass is 10.0. The van der Waals surface area contributed by atoms with Gasteiger partial charge in [0.15, 0.2) is 6.10 Å². The zero-order chi connectivity index (χ0) is 30.6. The smallest absolute Gasteiger partial charge is 0.243 e. The first-order valence-electron chi connectivity index (χ1n) is 14.1. The van der Waals surface area contributed by atoms with Gasteiger partial charge in [0.05, 0.1) is 6.61 Å². The van der Waals surface area contributed by atoms with Crippen LogP contribution in [0.25, 0.3) is 0 Å². The van der Waals surface area contributed by atoms with Gasteiger partial charge in [0.1, 0.15) is 31.0 Å². The third kappa shape index (κ3) is 13.4. The van der Waals surface area contributed by atoms with Crippen LogP contribution in [-0.2, 0) is 41.7 Å². The monoisotopic (exact) mass is 589 g/mol. The molecule has 2 aromatic carbocycles. The van der Waals surface area contributed by atoms with Crippen molar-refractivity contribution in [2.45, 2.75) is 63.6 Å². The largest absolute Gasteiger partial charge is 0.485 e. The van der Waals surface area contributed by atoms with E-state index in [2.05, 4.69) is 32.6 Å². The van der Waals surface area contributed by atoms with Crippen molar-refractivity contribution >= 4 is 17.7 Å². The lowest BCUT2D eigenvalue weighted by Gasteiger charge is -2.24. The van der Waals surface area contributed by atoms with Gasteiger partial charge in [-0.1, -0.05) is 62.2 Å². The van der Waals surface area contributed by atoms with Gasteiger partial charge in [-0.15, -0.1) is 0 Å². The van der Waals surface area contributed by atoms with Crippen molar-refractivity contribution in [1.29, 1.82) is 0 Å². The molecule has 0 aliphatic rings. The molecule has 2 atom stereocenters. The third-order valence-electron chi connectivity index (χ3n) is 6.37. The highest BCUT2D eigenvalue weighted by Crippen LogP contribution is 2.16. The molecule has 3 amide bonds. The molecule has 0 heterocycles. The Hall–Kier alpha value is -3.55. The number of carbonyl (C=O) groups excluding carboxylic acids is 3. The number of methoxy groups -OCH3 is 1. The Bertz CT molecular complexity index is 1050. The lowest BCUT2D eigenvalue weighted by Crippen LogP contribution is -2.55. The molecule has 42 heavy (non-hydrogen) atoms. The van der Waals surface area contributed by atoms with E-state index >= 15 is 0 Å². The van der Waals surface area contributed by atoms with Gasteiger partial charge in [-0.3, -0.25) is 24.9 Å². The van der Waals surface area contributed by atoms with Crippen molar-refractivity contribution in [3.05, 3.63) is 65.7 Å². The van der Waals surface area contributed by atoms with Crippen LogP contribution in [0.4, 0.5) is 0 Å². The van der Waals surface area contributed by atoms with Gasteiger partial charge in [0.2, 0.25) is 17.7 Å². The van der Waals surface area contributed by atoms with Gasteiger partial charge in [0, 0.05) is 32.9 Å². The summed E-state index contributed by atoms with van der Waals surface area (Å²) in [7, 11) is 1.50. The molecular formula is C30H43N3O9. The van der Waals surface area contributed by atoms with Crippen LogP contribution in [0.1, 0.15) is 43.7 Å². The minimum atomic E-state index is -0.904. The predicted octanol–water partition coefficient (Wildman–Crippen LogP) is 2.51. The van der Waals surface area contributed by atoms with E-state index in [-0.39, 0.29) is 50.9 Å². The van der Waals surface area contributed by atoms with Crippen molar-refractivity contribution in [2.75, 3.05) is 33.5 Å². The molecule has 12 nitrogen and oxygen atoms in total. The van der Waals surface area contributed by atoms with Crippen molar-refractivity contribution < 1.29 is 44.1 Å². The topological polar surface area (TPSA) is 165 Å². The highest BCUT2D eigenvalue weighted by Gasteiger charge is 2.27. The Kier molecular flexibility index (Phi) is 16.8. The Morgan fingerprint density at radius 3 is 2.02 bits per heavy atom. The molecule has 0 aliphatic heterocycles. The van der Waals surface area contributed by atoms with Crippen LogP contribution in [0.2, 0.25) is 0 Å². The van der Waals surface area contributed by atoms with E-state index in [1.165, 1.54) is 7.11 Å². The summed E-state index contributed by atoms with van der Waals surface area (Å²) < 4.78 is 10.6. The summed E-state index contributed by atoms with van der Waals surface area (Å²) in [5, 5.41) is 25.9. The molecule has 232 valence electrons. The summed E-state index contributed by atoms with van der Waals surface area (Å²) in [6.45, 7) is 2.33. The number of carbonyl (C=O) groups is 3. The van der Waals surface area contributed by atoms with E-state index in [4.69, 9.17) is 20.0 Å². The maximum absolute atomic E-state index is 13.5. The molecule has 12 heteroatoms. The molecule has 0 aliphatic carbocycles. The number of nitrogens with one attached hydrogen (secondary N) is 3. The van der Waals surface area contributed by atoms with Crippen LogP contribution in [0.15, 0.2) is 54.6 Å². The molecule has 0 fully saturated rings. The summed E-state index contributed by atoms with van der Waals surface area (Å²) in [5.74, 6) is -0.719. The number of ether oxygens (including phenoxy) is 2. The van der Waals surface area contributed by atoms with Gasteiger partial charge in [0.25, 0.3) is 0 Å². The maximum atomic E-state index is 13.5. The minimum absolute atomic E-state index is 0.0978. The SMILES string of the molecule is CCCCCNC(=O)C(Cc1ccc(OC(COO)COO)cc1)NC(=O)C(Cc1ccccc1)NC(=O)CCOC. The molecule has 0 saturated heterocycles. The van der Waals surface area contributed by atoms with Crippen LogP contribution in [-0.4, -0.2) is 79.9 Å². The zero-order valence-electron chi connectivity index (χ0n) is 24.3. The van der Waals surface area contributed by atoms with Gasteiger partial charge in [-0.25, -0.2) is 9.78 Å². The summed E-state index contributed by atoms with van der Waals surface area (Å²) in [4.78, 5) is 47.4. The van der Waals surface area contributed by atoms with E-state index in [9.17, 15) is 14.4 Å². The first-order chi connectivity index (χ1) is 20.4. The molecule has 2 unspecified atom stereocenters. The minimum Gasteiger partial charge on any atom is -0.485 e. The van der Waals surface area contributed by atoms with Crippen molar-refractivity contribution in [3.63, 3.8) is 0 Å². The first kappa shape index (κ1) is 34.7. The highest BCUT2D eigenvalue weighted by molar-refractivity contribution is 5.92. The third-order valence-corrected chi connectivity index (χ3v) is 6.37.